The molecule has 0 unspecified atom stereocenters. The number of anilines is 1. The molecule has 0 bridgehead atoms. The van der Waals surface area contributed by atoms with Crippen LogP contribution in [0.2, 0.25) is 0 Å². The number of phenols is 1. The molecule has 2 aromatic carbocycles. The molecule has 0 aliphatic rings. The van der Waals surface area contributed by atoms with E-state index in [9.17, 15) is 9.90 Å². The number of para-hydroxylation sites is 1. The zero-order valence-corrected chi connectivity index (χ0v) is 14.2. The third-order valence-electron chi connectivity index (χ3n) is 2.96. The van der Waals surface area contributed by atoms with Crippen LogP contribution in [0.4, 0.5) is 5.69 Å². The highest BCUT2D eigenvalue weighted by atomic mass is 127. The van der Waals surface area contributed by atoms with Gasteiger partial charge >= 0.3 is 0 Å². The molecule has 1 amide bonds. The van der Waals surface area contributed by atoms with Crippen LogP contribution in [0.1, 0.15) is 11.1 Å². The normalized spacial score (nSPS) is 10.6. The van der Waals surface area contributed by atoms with Crippen LogP contribution in [-0.4, -0.2) is 23.8 Å². The maximum Gasteiger partial charge on any atom is 0.259 e. The van der Waals surface area contributed by atoms with Gasteiger partial charge in [-0.15, -0.1) is 0 Å². The smallest absolute Gasteiger partial charge is 0.259 e. The highest BCUT2D eigenvalue weighted by Crippen LogP contribution is 2.17. The Morgan fingerprint density at radius 1 is 1.32 bits per heavy atom. The molecule has 0 radical (unpaired) electrons. The zero-order chi connectivity index (χ0) is 15.9. The summed E-state index contributed by atoms with van der Waals surface area (Å²) in [4.78, 5) is 11.7. The Kier molecular flexibility index (Phi) is 5.76. The quantitative estimate of drug-likeness (QED) is 0.404. The number of carbonyl (C=O) groups excluding carboxylic acids is 1. The monoisotopic (exact) mass is 409 g/mol. The highest BCUT2D eigenvalue weighted by Gasteiger charge is 2.02. The van der Waals surface area contributed by atoms with E-state index >= 15 is 0 Å². The fraction of sp³-hybridized carbons (Fsp3) is 0.125. The summed E-state index contributed by atoms with van der Waals surface area (Å²) in [5, 5.41) is 16.5. The van der Waals surface area contributed by atoms with Gasteiger partial charge in [-0.1, -0.05) is 12.1 Å². The van der Waals surface area contributed by atoms with Gasteiger partial charge in [-0.3, -0.25) is 4.79 Å². The molecular weight excluding hydrogens is 393 g/mol. The summed E-state index contributed by atoms with van der Waals surface area (Å²) in [6.07, 6.45) is 1.41. The number of hydrogen-bond acceptors (Lipinski definition) is 4. The number of rotatable bonds is 5. The number of nitrogens with one attached hydrogen (secondary N) is 2. The topological polar surface area (TPSA) is 73.7 Å². The lowest BCUT2D eigenvalue weighted by atomic mass is 10.2. The zero-order valence-electron chi connectivity index (χ0n) is 12.0. The summed E-state index contributed by atoms with van der Waals surface area (Å²) in [5.41, 5.74) is 4.96. The first-order valence-electron chi connectivity index (χ1n) is 6.66. The minimum absolute atomic E-state index is 0.119. The van der Waals surface area contributed by atoms with Gasteiger partial charge in [0, 0.05) is 14.8 Å². The molecule has 0 spiro atoms. The second-order valence-electron chi connectivity index (χ2n) is 4.66. The number of hydrazone groups is 1. The van der Waals surface area contributed by atoms with E-state index < -0.39 is 0 Å². The molecule has 0 aromatic heterocycles. The fourth-order valence-corrected chi connectivity index (χ4v) is 2.46. The number of amides is 1. The lowest BCUT2D eigenvalue weighted by Crippen LogP contribution is -2.26. The molecule has 0 atom stereocenters. The SMILES string of the molecule is Cc1cc(I)ccc1NCC(=O)N/N=C/c1ccccc1O. The number of hydrogen-bond donors (Lipinski definition) is 3. The van der Waals surface area contributed by atoms with Crippen molar-refractivity contribution < 1.29 is 9.90 Å². The number of phenolic OH excluding ortho intramolecular Hbond substituents is 1. The Morgan fingerprint density at radius 2 is 2.09 bits per heavy atom. The predicted octanol–water partition coefficient (Wildman–Crippen LogP) is 2.87. The van der Waals surface area contributed by atoms with Gasteiger partial charge in [0.25, 0.3) is 5.91 Å². The Labute approximate surface area is 142 Å². The van der Waals surface area contributed by atoms with Gasteiger partial charge in [0.1, 0.15) is 5.75 Å². The van der Waals surface area contributed by atoms with Gasteiger partial charge in [0.05, 0.1) is 12.8 Å². The first-order valence-corrected chi connectivity index (χ1v) is 7.74. The van der Waals surface area contributed by atoms with Gasteiger partial charge in [-0.2, -0.15) is 5.10 Å². The van der Waals surface area contributed by atoms with E-state index in [2.05, 4.69) is 38.4 Å². The summed E-state index contributed by atoms with van der Waals surface area (Å²) in [5.74, 6) is -0.141. The Balaban J connectivity index is 1.84. The molecule has 114 valence electrons. The summed E-state index contributed by atoms with van der Waals surface area (Å²) in [6, 6.07) is 12.7. The molecule has 2 aromatic rings. The number of nitrogens with zero attached hydrogens (tertiary/aromatic N) is 1. The molecule has 0 heterocycles. The molecule has 22 heavy (non-hydrogen) atoms. The van der Waals surface area contributed by atoms with E-state index in [1.54, 1.807) is 24.3 Å². The number of carbonyl (C=O) groups is 1. The van der Waals surface area contributed by atoms with E-state index in [1.807, 2.05) is 25.1 Å². The lowest BCUT2D eigenvalue weighted by Gasteiger charge is -2.08. The maximum atomic E-state index is 11.7. The Bertz CT molecular complexity index is 702. The Morgan fingerprint density at radius 3 is 2.82 bits per heavy atom. The molecule has 3 N–H and O–H groups in total. The number of halogens is 1. The van der Waals surface area contributed by atoms with Crippen LogP contribution < -0.4 is 10.7 Å². The number of benzene rings is 2. The first-order chi connectivity index (χ1) is 10.6. The second kappa shape index (κ2) is 7.79. The van der Waals surface area contributed by atoms with Crippen molar-refractivity contribution >= 4 is 40.4 Å². The first kappa shape index (κ1) is 16.3. The minimum atomic E-state index is -0.260. The van der Waals surface area contributed by atoms with Crippen LogP contribution >= 0.6 is 22.6 Å². The molecule has 0 fully saturated rings. The summed E-state index contributed by atoms with van der Waals surface area (Å²) in [7, 11) is 0. The van der Waals surface area contributed by atoms with Crippen molar-refractivity contribution in [2.45, 2.75) is 6.92 Å². The van der Waals surface area contributed by atoms with E-state index in [0.717, 1.165) is 14.8 Å². The van der Waals surface area contributed by atoms with Crippen LogP contribution in [0.3, 0.4) is 0 Å². The van der Waals surface area contributed by atoms with Crippen molar-refractivity contribution in [1.29, 1.82) is 0 Å². The number of aryl methyl sites for hydroxylation is 1. The van der Waals surface area contributed by atoms with Crippen LogP contribution in [0.25, 0.3) is 0 Å². The summed E-state index contributed by atoms with van der Waals surface area (Å²) < 4.78 is 1.15. The molecular formula is C16H16IN3O2. The van der Waals surface area contributed by atoms with Crippen molar-refractivity contribution in [3.63, 3.8) is 0 Å². The van der Waals surface area contributed by atoms with Crippen LogP contribution in [0.5, 0.6) is 5.75 Å². The van der Waals surface area contributed by atoms with E-state index in [1.165, 1.54) is 6.21 Å². The molecule has 0 aliphatic heterocycles. The molecule has 0 saturated carbocycles. The minimum Gasteiger partial charge on any atom is -0.507 e. The van der Waals surface area contributed by atoms with Crippen molar-refractivity contribution in [2.24, 2.45) is 5.10 Å². The summed E-state index contributed by atoms with van der Waals surface area (Å²) >= 11 is 2.24. The van der Waals surface area contributed by atoms with Gasteiger partial charge in [-0.05, 0) is 65.4 Å². The average Bonchev–Trinajstić information content (AvgIpc) is 2.48. The van der Waals surface area contributed by atoms with Crippen LogP contribution in [0, 0.1) is 10.5 Å². The standard InChI is InChI=1S/C16H16IN3O2/c1-11-8-13(17)6-7-14(11)18-10-16(22)20-19-9-12-4-2-3-5-15(12)21/h2-9,18,21H,10H2,1H3,(H,20,22)/b19-9+. The second-order valence-corrected chi connectivity index (χ2v) is 5.91. The molecule has 2 rings (SSSR count). The van der Waals surface area contributed by atoms with E-state index in [4.69, 9.17) is 0 Å². The third kappa shape index (κ3) is 4.73. The third-order valence-corrected chi connectivity index (χ3v) is 3.63. The van der Waals surface area contributed by atoms with Gasteiger partial charge in [0.2, 0.25) is 0 Å². The van der Waals surface area contributed by atoms with Crippen LogP contribution in [-0.2, 0) is 4.79 Å². The maximum absolute atomic E-state index is 11.7. The molecule has 5 nitrogen and oxygen atoms in total. The van der Waals surface area contributed by atoms with E-state index in [-0.39, 0.29) is 18.2 Å². The molecule has 0 aliphatic carbocycles. The average molecular weight is 409 g/mol. The highest BCUT2D eigenvalue weighted by molar-refractivity contribution is 14.1. The predicted molar refractivity (Wildman–Crippen MR) is 96.2 cm³/mol. The van der Waals surface area contributed by atoms with Gasteiger partial charge in [-0.25, -0.2) is 5.43 Å². The van der Waals surface area contributed by atoms with Crippen LogP contribution in [0.15, 0.2) is 47.6 Å². The van der Waals surface area contributed by atoms with Crippen molar-refractivity contribution in [1.82, 2.24) is 5.43 Å². The largest absolute Gasteiger partial charge is 0.507 e. The Hall–Kier alpha value is -2.09. The number of aromatic hydroxyl groups is 1. The molecule has 0 saturated heterocycles. The molecule has 6 heteroatoms. The summed E-state index contributed by atoms with van der Waals surface area (Å²) in [6.45, 7) is 2.11. The van der Waals surface area contributed by atoms with Crippen molar-refractivity contribution in [2.75, 3.05) is 11.9 Å². The van der Waals surface area contributed by atoms with E-state index in [0.29, 0.717) is 5.56 Å². The van der Waals surface area contributed by atoms with Crippen molar-refractivity contribution in [3.05, 3.63) is 57.2 Å². The van der Waals surface area contributed by atoms with Gasteiger partial charge in [0.15, 0.2) is 0 Å². The fourth-order valence-electron chi connectivity index (χ4n) is 1.81. The van der Waals surface area contributed by atoms with Gasteiger partial charge < -0.3 is 10.4 Å². The lowest BCUT2D eigenvalue weighted by molar-refractivity contribution is -0.119. The van der Waals surface area contributed by atoms with Crippen molar-refractivity contribution in [3.8, 4) is 5.75 Å².